The number of methoxy groups -OCH3 is 1. The van der Waals surface area contributed by atoms with E-state index in [0.717, 1.165) is 22.6 Å². The summed E-state index contributed by atoms with van der Waals surface area (Å²) in [6.45, 7) is 6.14. The highest BCUT2D eigenvalue weighted by Gasteiger charge is 2.23. The van der Waals surface area contributed by atoms with Gasteiger partial charge in [0, 0.05) is 11.1 Å². The highest BCUT2D eigenvalue weighted by Crippen LogP contribution is 2.36. The van der Waals surface area contributed by atoms with Crippen LogP contribution in [0, 0.1) is 6.92 Å². The first-order valence-corrected chi connectivity index (χ1v) is 5.09. The number of hydrogen-bond donors (Lipinski definition) is 0. The van der Waals surface area contributed by atoms with Crippen LogP contribution >= 0.6 is 0 Å². The molecule has 1 aliphatic rings. The van der Waals surface area contributed by atoms with Crippen LogP contribution in [0.15, 0.2) is 18.2 Å². The van der Waals surface area contributed by atoms with Gasteiger partial charge in [0.05, 0.1) is 7.11 Å². The zero-order chi connectivity index (χ0) is 11.1. The fourth-order valence-corrected chi connectivity index (χ4v) is 1.80. The van der Waals surface area contributed by atoms with Crippen molar-refractivity contribution in [1.29, 1.82) is 0 Å². The molecule has 0 aliphatic carbocycles. The molecule has 0 bridgehead atoms. The molecule has 0 saturated carbocycles. The van der Waals surface area contributed by atoms with Gasteiger partial charge in [-0.3, -0.25) is 0 Å². The first-order valence-electron chi connectivity index (χ1n) is 5.09. The molecule has 1 aliphatic heterocycles. The summed E-state index contributed by atoms with van der Waals surface area (Å²) < 4.78 is 11.1. The topological polar surface area (TPSA) is 18.5 Å². The molecule has 2 rings (SSSR count). The Morgan fingerprint density at radius 2 is 2.00 bits per heavy atom. The van der Waals surface area contributed by atoms with Crippen LogP contribution in [-0.2, 0) is 0 Å². The van der Waals surface area contributed by atoms with Gasteiger partial charge in [-0.05, 0) is 39.0 Å². The molecule has 0 amide bonds. The largest absolute Gasteiger partial charge is 0.496 e. The maximum atomic E-state index is 5.86. The van der Waals surface area contributed by atoms with Crippen LogP contribution in [0.1, 0.15) is 25.0 Å². The Bertz CT molecular complexity index is 417. The highest BCUT2D eigenvalue weighted by molar-refractivity contribution is 5.67. The molecule has 0 unspecified atom stereocenters. The van der Waals surface area contributed by atoms with Gasteiger partial charge in [-0.15, -0.1) is 0 Å². The van der Waals surface area contributed by atoms with E-state index in [-0.39, 0.29) is 5.60 Å². The first-order chi connectivity index (χ1) is 7.03. The van der Waals surface area contributed by atoms with Crippen molar-refractivity contribution < 1.29 is 9.47 Å². The maximum absolute atomic E-state index is 5.86. The molecule has 0 spiro atoms. The predicted octanol–water partition coefficient (Wildman–Crippen LogP) is 3.19. The lowest BCUT2D eigenvalue weighted by Gasteiger charge is -2.28. The van der Waals surface area contributed by atoms with Crippen LogP contribution in [0.25, 0.3) is 6.08 Å². The standard InChI is InChI=1S/C13H16O2/c1-9-10-7-8-13(2,3)15-12(10)6-5-11(9)14-4/h5-8H,1-4H3. The van der Waals surface area contributed by atoms with Crippen molar-refractivity contribution in [1.82, 2.24) is 0 Å². The van der Waals surface area contributed by atoms with E-state index in [1.165, 1.54) is 0 Å². The van der Waals surface area contributed by atoms with Gasteiger partial charge in [0.25, 0.3) is 0 Å². The molecular weight excluding hydrogens is 188 g/mol. The fraction of sp³-hybridized carbons (Fsp3) is 0.385. The zero-order valence-electron chi connectivity index (χ0n) is 9.63. The van der Waals surface area contributed by atoms with Gasteiger partial charge in [0.2, 0.25) is 0 Å². The van der Waals surface area contributed by atoms with E-state index in [4.69, 9.17) is 9.47 Å². The average molecular weight is 204 g/mol. The SMILES string of the molecule is COc1ccc2c(c1C)C=CC(C)(C)O2. The Labute approximate surface area is 90.5 Å². The van der Waals surface area contributed by atoms with E-state index in [0.29, 0.717) is 0 Å². The normalized spacial score (nSPS) is 16.8. The van der Waals surface area contributed by atoms with Crippen LogP contribution in [0.5, 0.6) is 11.5 Å². The molecule has 1 aromatic rings. The summed E-state index contributed by atoms with van der Waals surface area (Å²) in [4.78, 5) is 0. The third-order valence-corrected chi connectivity index (χ3v) is 2.67. The molecular formula is C13H16O2. The van der Waals surface area contributed by atoms with E-state index in [1.807, 2.05) is 32.9 Å². The van der Waals surface area contributed by atoms with Crippen LogP contribution in [0.2, 0.25) is 0 Å². The smallest absolute Gasteiger partial charge is 0.128 e. The lowest BCUT2D eigenvalue weighted by Crippen LogP contribution is -2.27. The Hall–Kier alpha value is -1.44. The van der Waals surface area contributed by atoms with Gasteiger partial charge in [-0.1, -0.05) is 6.08 Å². The lowest BCUT2D eigenvalue weighted by molar-refractivity contribution is 0.158. The molecule has 80 valence electrons. The van der Waals surface area contributed by atoms with Crippen LogP contribution in [-0.4, -0.2) is 12.7 Å². The summed E-state index contributed by atoms with van der Waals surface area (Å²) in [6.07, 6.45) is 4.18. The minimum Gasteiger partial charge on any atom is -0.496 e. The van der Waals surface area contributed by atoms with Crippen molar-refractivity contribution in [2.75, 3.05) is 7.11 Å². The number of rotatable bonds is 1. The molecule has 0 atom stereocenters. The summed E-state index contributed by atoms with van der Waals surface area (Å²) in [6, 6.07) is 3.91. The van der Waals surface area contributed by atoms with Crippen LogP contribution in [0.3, 0.4) is 0 Å². The summed E-state index contributed by atoms with van der Waals surface area (Å²) in [7, 11) is 1.69. The Kier molecular flexibility index (Phi) is 2.22. The van der Waals surface area contributed by atoms with E-state index >= 15 is 0 Å². The predicted molar refractivity (Wildman–Crippen MR) is 61.5 cm³/mol. The summed E-state index contributed by atoms with van der Waals surface area (Å²) >= 11 is 0. The van der Waals surface area contributed by atoms with Gasteiger partial charge in [0.15, 0.2) is 0 Å². The minimum absolute atomic E-state index is 0.214. The van der Waals surface area contributed by atoms with Gasteiger partial charge in [0.1, 0.15) is 17.1 Å². The monoisotopic (exact) mass is 204 g/mol. The number of hydrogen-bond acceptors (Lipinski definition) is 2. The molecule has 1 heterocycles. The van der Waals surface area contributed by atoms with Gasteiger partial charge in [-0.25, -0.2) is 0 Å². The third-order valence-electron chi connectivity index (χ3n) is 2.67. The van der Waals surface area contributed by atoms with Gasteiger partial charge >= 0.3 is 0 Å². The number of fused-ring (bicyclic) bond motifs is 1. The highest BCUT2D eigenvalue weighted by atomic mass is 16.5. The van der Waals surface area contributed by atoms with Crippen molar-refractivity contribution >= 4 is 6.08 Å². The van der Waals surface area contributed by atoms with Gasteiger partial charge in [-0.2, -0.15) is 0 Å². The number of ether oxygens (including phenoxy) is 2. The fourth-order valence-electron chi connectivity index (χ4n) is 1.80. The van der Waals surface area contributed by atoms with E-state index in [1.54, 1.807) is 7.11 Å². The Balaban J connectivity index is 2.52. The lowest BCUT2D eigenvalue weighted by atomic mass is 9.99. The number of benzene rings is 1. The second-order valence-corrected chi connectivity index (χ2v) is 4.34. The Morgan fingerprint density at radius 1 is 1.27 bits per heavy atom. The molecule has 0 fully saturated rings. The van der Waals surface area contributed by atoms with E-state index in [9.17, 15) is 0 Å². The molecule has 0 aromatic heterocycles. The van der Waals surface area contributed by atoms with Crippen LogP contribution < -0.4 is 9.47 Å². The molecule has 15 heavy (non-hydrogen) atoms. The molecule has 1 aromatic carbocycles. The van der Waals surface area contributed by atoms with Crippen LogP contribution in [0.4, 0.5) is 0 Å². The second kappa shape index (κ2) is 3.30. The second-order valence-electron chi connectivity index (χ2n) is 4.34. The van der Waals surface area contributed by atoms with Crippen molar-refractivity contribution in [3.05, 3.63) is 29.3 Å². The third kappa shape index (κ3) is 1.72. The average Bonchev–Trinajstić information content (AvgIpc) is 2.16. The zero-order valence-corrected chi connectivity index (χ0v) is 9.63. The minimum atomic E-state index is -0.214. The molecule has 2 nitrogen and oxygen atoms in total. The molecule has 2 heteroatoms. The van der Waals surface area contributed by atoms with Crippen molar-refractivity contribution in [3.8, 4) is 11.5 Å². The summed E-state index contributed by atoms with van der Waals surface area (Å²) in [5.41, 5.74) is 2.03. The first kappa shape index (κ1) is 10.1. The summed E-state index contributed by atoms with van der Waals surface area (Å²) in [5, 5.41) is 0. The van der Waals surface area contributed by atoms with Gasteiger partial charge < -0.3 is 9.47 Å². The van der Waals surface area contributed by atoms with E-state index < -0.39 is 0 Å². The quantitative estimate of drug-likeness (QED) is 0.699. The summed E-state index contributed by atoms with van der Waals surface area (Å²) in [5.74, 6) is 1.84. The maximum Gasteiger partial charge on any atom is 0.128 e. The Morgan fingerprint density at radius 3 is 2.67 bits per heavy atom. The molecule has 0 saturated heterocycles. The van der Waals surface area contributed by atoms with Crippen molar-refractivity contribution in [3.63, 3.8) is 0 Å². The van der Waals surface area contributed by atoms with Crippen molar-refractivity contribution in [2.24, 2.45) is 0 Å². The molecule has 0 N–H and O–H groups in total. The van der Waals surface area contributed by atoms with E-state index in [2.05, 4.69) is 12.2 Å². The molecule has 0 radical (unpaired) electrons. The van der Waals surface area contributed by atoms with Crippen molar-refractivity contribution in [2.45, 2.75) is 26.4 Å².